The van der Waals surface area contributed by atoms with Gasteiger partial charge >= 0.3 is 0 Å². The second-order valence-corrected chi connectivity index (χ2v) is 7.24. The van der Waals surface area contributed by atoms with Gasteiger partial charge in [0.1, 0.15) is 5.82 Å². The molecule has 0 spiro atoms. The van der Waals surface area contributed by atoms with Crippen molar-refractivity contribution >= 4 is 40.1 Å². The van der Waals surface area contributed by atoms with Gasteiger partial charge in [-0.1, -0.05) is 35.3 Å². The number of nitrogens with zero attached hydrogens (tertiary/aromatic N) is 3. The molecule has 3 aromatic rings. The lowest BCUT2D eigenvalue weighted by atomic mass is 10.1. The third kappa shape index (κ3) is 3.56. The van der Waals surface area contributed by atoms with E-state index in [1.54, 1.807) is 18.2 Å². The van der Waals surface area contributed by atoms with Crippen molar-refractivity contribution in [3.05, 3.63) is 63.9 Å². The fraction of sp³-hybridized carbons (Fsp3) is 0.263. The van der Waals surface area contributed by atoms with Crippen molar-refractivity contribution in [2.24, 2.45) is 0 Å². The van der Waals surface area contributed by atoms with Gasteiger partial charge in [0.25, 0.3) is 5.91 Å². The Morgan fingerprint density at radius 1 is 1.08 bits per heavy atom. The predicted molar refractivity (Wildman–Crippen MR) is 104 cm³/mol. The van der Waals surface area contributed by atoms with Crippen LogP contribution in [0, 0.1) is 0 Å². The number of benzene rings is 2. The zero-order chi connectivity index (χ0) is 18.1. The van der Waals surface area contributed by atoms with Crippen molar-refractivity contribution in [3.63, 3.8) is 0 Å². The Morgan fingerprint density at radius 2 is 1.85 bits per heavy atom. The number of H-pyrrole nitrogens is 1. The largest absolute Gasteiger partial charge is 0.341 e. The first-order chi connectivity index (χ1) is 12.6. The number of hydrogen-bond donors (Lipinski definition) is 1. The second kappa shape index (κ2) is 7.27. The van der Waals surface area contributed by atoms with E-state index in [2.05, 4.69) is 14.9 Å². The quantitative estimate of drug-likeness (QED) is 0.741. The summed E-state index contributed by atoms with van der Waals surface area (Å²) in [5.74, 6) is 0.879. The highest BCUT2D eigenvalue weighted by Gasteiger charge is 2.24. The molecule has 1 aliphatic heterocycles. The van der Waals surface area contributed by atoms with E-state index in [0.717, 1.165) is 36.5 Å². The highest BCUT2D eigenvalue weighted by atomic mass is 35.5. The number of para-hydroxylation sites is 2. The van der Waals surface area contributed by atoms with Crippen molar-refractivity contribution in [1.29, 1.82) is 0 Å². The molecule has 0 radical (unpaired) electrons. The minimum absolute atomic E-state index is 0.0686. The molecule has 5 nitrogen and oxygen atoms in total. The Bertz CT molecular complexity index is 915. The molecule has 0 bridgehead atoms. The van der Waals surface area contributed by atoms with Gasteiger partial charge < -0.3 is 9.88 Å². The Balaban J connectivity index is 1.39. The standard InChI is InChI=1S/C19H18Cl2N4O/c20-13-5-6-15(21)14(11-13)19(26)25-9-7-24(8-10-25)12-18-22-16-3-1-2-4-17(16)23-18/h1-6,11H,7-10,12H2,(H,22,23). The van der Waals surface area contributed by atoms with Crippen molar-refractivity contribution in [1.82, 2.24) is 19.8 Å². The molecule has 2 heterocycles. The minimum Gasteiger partial charge on any atom is -0.341 e. The summed E-state index contributed by atoms with van der Waals surface area (Å²) >= 11 is 12.2. The van der Waals surface area contributed by atoms with Gasteiger partial charge in [-0.2, -0.15) is 0 Å². The number of aromatic amines is 1. The number of fused-ring (bicyclic) bond motifs is 1. The summed E-state index contributed by atoms with van der Waals surface area (Å²) in [6.45, 7) is 3.64. The van der Waals surface area contributed by atoms with E-state index in [-0.39, 0.29) is 5.91 Å². The van der Waals surface area contributed by atoms with Crippen LogP contribution in [0.4, 0.5) is 0 Å². The highest BCUT2D eigenvalue weighted by Crippen LogP contribution is 2.23. The lowest BCUT2D eigenvalue weighted by Crippen LogP contribution is -2.48. The van der Waals surface area contributed by atoms with Crippen molar-refractivity contribution in [3.8, 4) is 0 Å². The molecule has 0 atom stereocenters. The molecule has 1 amide bonds. The van der Waals surface area contributed by atoms with Crippen LogP contribution in [0.1, 0.15) is 16.2 Å². The number of piperazine rings is 1. The average Bonchev–Trinajstić information content (AvgIpc) is 3.06. The highest BCUT2D eigenvalue weighted by molar-refractivity contribution is 6.35. The van der Waals surface area contributed by atoms with Crippen LogP contribution in [-0.4, -0.2) is 51.9 Å². The lowest BCUT2D eigenvalue weighted by molar-refractivity contribution is 0.0626. The molecule has 26 heavy (non-hydrogen) atoms. The zero-order valence-electron chi connectivity index (χ0n) is 14.1. The maximum Gasteiger partial charge on any atom is 0.255 e. The average molecular weight is 389 g/mol. The molecule has 0 saturated carbocycles. The first-order valence-electron chi connectivity index (χ1n) is 8.50. The topological polar surface area (TPSA) is 52.2 Å². The van der Waals surface area contributed by atoms with Gasteiger partial charge in [0, 0.05) is 31.2 Å². The number of carbonyl (C=O) groups excluding carboxylic acids is 1. The van der Waals surface area contributed by atoms with E-state index in [9.17, 15) is 4.79 Å². The fourth-order valence-electron chi connectivity index (χ4n) is 3.23. The molecule has 1 aromatic heterocycles. The molecule has 1 fully saturated rings. The van der Waals surface area contributed by atoms with E-state index in [4.69, 9.17) is 23.2 Å². The van der Waals surface area contributed by atoms with Crippen LogP contribution in [0.2, 0.25) is 10.0 Å². The molecule has 0 aliphatic carbocycles. The van der Waals surface area contributed by atoms with Gasteiger partial charge in [-0.3, -0.25) is 9.69 Å². The maximum absolute atomic E-state index is 12.7. The molecule has 1 aliphatic rings. The van der Waals surface area contributed by atoms with Gasteiger partial charge in [-0.05, 0) is 30.3 Å². The third-order valence-corrected chi connectivity index (χ3v) is 5.19. The summed E-state index contributed by atoms with van der Waals surface area (Å²) in [5.41, 5.74) is 2.49. The Labute approximate surface area is 161 Å². The molecule has 1 N–H and O–H groups in total. The van der Waals surface area contributed by atoms with Crippen LogP contribution in [0.25, 0.3) is 11.0 Å². The third-order valence-electron chi connectivity index (χ3n) is 4.63. The Morgan fingerprint density at radius 3 is 2.62 bits per heavy atom. The molecule has 2 aromatic carbocycles. The molecule has 7 heteroatoms. The van der Waals surface area contributed by atoms with E-state index in [1.807, 2.05) is 29.2 Å². The molecular formula is C19H18Cl2N4O. The lowest BCUT2D eigenvalue weighted by Gasteiger charge is -2.34. The van der Waals surface area contributed by atoms with E-state index < -0.39 is 0 Å². The number of aromatic nitrogens is 2. The van der Waals surface area contributed by atoms with Crippen LogP contribution in [0.15, 0.2) is 42.5 Å². The van der Waals surface area contributed by atoms with Gasteiger partial charge in [-0.25, -0.2) is 4.98 Å². The minimum atomic E-state index is -0.0686. The van der Waals surface area contributed by atoms with Crippen LogP contribution < -0.4 is 0 Å². The number of hydrogen-bond acceptors (Lipinski definition) is 3. The number of rotatable bonds is 3. The van der Waals surface area contributed by atoms with Gasteiger partial charge in [0.2, 0.25) is 0 Å². The number of amides is 1. The first kappa shape index (κ1) is 17.3. The summed E-state index contributed by atoms with van der Waals surface area (Å²) in [6.07, 6.45) is 0. The van der Waals surface area contributed by atoms with Crippen LogP contribution >= 0.6 is 23.2 Å². The van der Waals surface area contributed by atoms with Crippen molar-refractivity contribution < 1.29 is 4.79 Å². The number of imidazole rings is 1. The van der Waals surface area contributed by atoms with Gasteiger partial charge in [0.05, 0.1) is 28.2 Å². The second-order valence-electron chi connectivity index (χ2n) is 6.39. The molecule has 134 valence electrons. The summed E-state index contributed by atoms with van der Waals surface area (Å²) in [4.78, 5) is 24.8. The smallest absolute Gasteiger partial charge is 0.255 e. The van der Waals surface area contributed by atoms with Crippen LogP contribution in [0.5, 0.6) is 0 Å². The number of halogens is 2. The Hall–Kier alpha value is -2.08. The summed E-state index contributed by atoms with van der Waals surface area (Å²) in [6, 6.07) is 13.0. The van der Waals surface area contributed by atoms with Crippen molar-refractivity contribution in [2.45, 2.75) is 6.54 Å². The van der Waals surface area contributed by atoms with E-state index >= 15 is 0 Å². The fourth-order valence-corrected chi connectivity index (χ4v) is 3.60. The molecule has 1 saturated heterocycles. The number of nitrogens with one attached hydrogen (secondary N) is 1. The predicted octanol–water partition coefficient (Wildman–Crippen LogP) is 3.83. The van der Waals surface area contributed by atoms with Crippen LogP contribution in [0.3, 0.4) is 0 Å². The monoisotopic (exact) mass is 388 g/mol. The maximum atomic E-state index is 12.7. The normalized spacial score (nSPS) is 15.5. The SMILES string of the molecule is O=C(c1cc(Cl)ccc1Cl)N1CCN(Cc2nc3ccccc3[nH]2)CC1. The molecule has 0 unspecified atom stereocenters. The zero-order valence-corrected chi connectivity index (χ0v) is 15.6. The first-order valence-corrected chi connectivity index (χ1v) is 9.26. The summed E-state index contributed by atoms with van der Waals surface area (Å²) in [7, 11) is 0. The van der Waals surface area contributed by atoms with Crippen LogP contribution in [-0.2, 0) is 6.54 Å². The van der Waals surface area contributed by atoms with E-state index in [1.165, 1.54) is 0 Å². The molecular weight excluding hydrogens is 371 g/mol. The van der Waals surface area contributed by atoms with Crippen molar-refractivity contribution in [2.75, 3.05) is 26.2 Å². The number of carbonyl (C=O) groups is 1. The Kier molecular flexibility index (Phi) is 4.85. The molecule has 4 rings (SSSR count). The summed E-state index contributed by atoms with van der Waals surface area (Å²) in [5, 5.41) is 0.949. The van der Waals surface area contributed by atoms with E-state index in [0.29, 0.717) is 28.7 Å². The summed E-state index contributed by atoms with van der Waals surface area (Å²) < 4.78 is 0. The van der Waals surface area contributed by atoms with Gasteiger partial charge in [-0.15, -0.1) is 0 Å². The van der Waals surface area contributed by atoms with Gasteiger partial charge in [0.15, 0.2) is 0 Å².